The zero-order valence-corrected chi connectivity index (χ0v) is 23.0. The molecule has 0 saturated heterocycles. The SMILES string of the molecule is CC(=O)N1c2c(C)c(-c3ccc(C)cc3OC(C)(C)C)c(CC(=O)O)c(C)c2NC(=O)C12CCCCC2. The molecule has 1 saturated carbocycles. The van der Waals surface area contributed by atoms with Crippen LogP contribution in [0.4, 0.5) is 11.4 Å². The zero-order valence-electron chi connectivity index (χ0n) is 23.0. The fourth-order valence-electron chi connectivity index (χ4n) is 6.06. The monoisotopic (exact) mass is 506 g/mol. The summed E-state index contributed by atoms with van der Waals surface area (Å²) in [6.45, 7) is 13.2. The van der Waals surface area contributed by atoms with Crippen LogP contribution < -0.4 is 15.0 Å². The Balaban J connectivity index is 2.09. The van der Waals surface area contributed by atoms with Gasteiger partial charge in [0.25, 0.3) is 5.91 Å². The number of anilines is 2. The molecule has 0 atom stereocenters. The Labute approximate surface area is 219 Å². The van der Waals surface area contributed by atoms with Crippen LogP contribution in [-0.2, 0) is 20.8 Å². The highest BCUT2D eigenvalue weighted by Gasteiger charge is 2.51. The molecule has 2 N–H and O–H groups in total. The van der Waals surface area contributed by atoms with Gasteiger partial charge in [0.05, 0.1) is 17.8 Å². The van der Waals surface area contributed by atoms with Gasteiger partial charge >= 0.3 is 5.97 Å². The number of carbonyl (C=O) groups is 3. The number of nitrogens with zero attached hydrogens (tertiary/aromatic N) is 1. The average molecular weight is 507 g/mol. The molecule has 0 unspecified atom stereocenters. The van der Waals surface area contributed by atoms with E-state index in [-0.39, 0.29) is 18.2 Å². The predicted molar refractivity (Wildman–Crippen MR) is 145 cm³/mol. The Bertz CT molecular complexity index is 1280. The third kappa shape index (κ3) is 4.72. The topological polar surface area (TPSA) is 95.9 Å². The van der Waals surface area contributed by atoms with E-state index in [1.165, 1.54) is 6.92 Å². The van der Waals surface area contributed by atoms with Crippen molar-refractivity contribution in [3.8, 4) is 16.9 Å². The number of benzene rings is 2. The molecule has 37 heavy (non-hydrogen) atoms. The second-order valence-corrected chi connectivity index (χ2v) is 11.5. The molecule has 0 bridgehead atoms. The van der Waals surface area contributed by atoms with Crippen LogP contribution in [0, 0.1) is 20.8 Å². The van der Waals surface area contributed by atoms with E-state index in [1.54, 1.807) is 4.90 Å². The molecule has 1 fully saturated rings. The quantitative estimate of drug-likeness (QED) is 0.523. The van der Waals surface area contributed by atoms with Crippen molar-refractivity contribution < 1.29 is 24.2 Å². The van der Waals surface area contributed by atoms with E-state index in [9.17, 15) is 19.5 Å². The van der Waals surface area contributed by atoms with Gasteiger partial charge in [-0.2, -0.15) is 0 Å². The van der Waals surface area contributed by atoms with Crippen LogP contribution in [0.25, 0.3) is 11.1 Å². The molecule has 0 radical (unpaired) electrons. The summed E-state index contributed by atoms with van der Waals surface area (Å²) in [5, 5.41) is 13.0. The fraction of sp³-hybridized carbons (Fsp3) is 0.500. The smallest absolute Gasteiger partial charge is 0.307 e. The minimum Gasteiger partial charge on any atom is -0.488 e. The van der Waals surface area contributed by atoms with Crippen LogP contribution in [0.2, 0.25) is 0 Å². The minimum atomic E-state index is -0.969. The van der Waals surface area contributed by atoms with Crippen LogP contribution in [0.3, 0.4) is 0 Å². The molecule has 2 aliphatic rings. The number of aryl methyl sites for hydroxylation is 1. The maximum atomic E-state index is 13.6. The zero-order chi connectivity index (χ0) is 27.3. The number of amides is 2. The van der Waals surface area contributed by atoms with E-state index < -0.39 is 17.1 Å². The predicted octanol–water partition coefficient (Wildman–Crippen LogP) is 6.09. The number of hydrogen-bond donors (Lipinski definition) is 2. The first kappa shape index (κ1) is 26.7. The first-order valence-electron chi connectivity index (χ1n) is 13.1. The van der Waals surface area contributed by atoms with Gasteiger partial charge in [-0.25, -0.2) is 0 Å². The van der Waals surface area contributed by atoms with Crippen LogP contribution >= 0.6 is 0 Å². The van der Waals surface area contributed by atoms with Gasteiger partial charge in [-0.05, 0) is 88.3 Å². The molecule has 2 aromatic carbocycles. The number of carboxylic acids is 1. The second kappa shape index (κ2) is 9.51. The van der Waals surface area contributed by atoms with Gasteiger partial charge in [-0.1, -0.05) is 31.4 Å². The van der Waals surface area contributed by atoms with Crippen LogP contribution in [0.1, 0.15) is 82.1 Å². The Morgan fingerprint density at radius 2 is 1.73 bits per heavy atom. The Hall–Kier alpha value is -3.35. The third-order valence-electron chi connectivity index (χ3n) is 7.56. The van der Waals surface area contributed by atoms with Crippen LogP contribution in [-0.4, -0.2) is 34.0 Å². The van der Waals surface area contributed by atoms with E-state index in [2.05, 4.69) is 5.32 Å². The number of nitrogens with one attached hydrogen (secondary N) is 1. The number of aliphatic carboxylic acids is 1. The second-order valence-electron chi connectivity index (χ2n) is 11.5. The van der Waals surface area contributed by atoms with Crippen LogP contribution in [0.15, 0.2) is 18.2 Å². The summed E-state index contributed by atoms with van der Waals surface area (Å²) in [4.78, 5) is 40.6. The molecule has 198 valence electrons. The summed E-state index contributed by atoms with van der Waals surface area (Å²) in [6, 6.07) is 5.91. The van der Waals surface area contributed by atoms with Gasteiger partial charge in [0.15, 0.2) is 0 Å². The molecule has 2 aromatic rings. The molecule has 2 amide bonds. The lowest BCUT2D eigenvalue weighted by Crippen LogP contribution is -2.62. The van der Waals surface area contributed by atoms with Crippen molar-refractivity contribution in [2.75, 3.05) is 10.2 Å². The lowest BCUT2D eigenvalue weighted by Gasteiger charge is -2.49. The van der Waals surface area contributed by atoms with Gasteiger partial charge in [0.1, 0.15) is 16.9 Å². The Morgan fingerprint density at radius 1 is 1.08 bits per heavy atom. The molecule has 0 aromatic heterocycles. The number of rotatable bonds is 4. The van der Waals surface area contributed by atoms with Crippen molar-refractivity contribution in [1.29, 1.82) is 0 Å². The summed E-state index contributed by atoms with van der Waals surface area (Å²) in [5.74, 6) is -0.683. The first-order chi connectivity index (χ1) is 17.3. The molecule has 1 heterocycles. The standard InChI is InChI=1S/C30H38N2O5/c1-17-11-12-21(23(15-17)37-29(5,6)7)25-19(3)27-26(18(2)22(25)16-24(34)35)31-28(36)30(32(27)20(4)33)13-9-8-10-14-30/h11-12,15H,8-10,13-14,16H2,1-7H3,(H,31,36)(H,34,35). The van der Waals surface area contributed by atoms with Gasteiger partial charge in [-0.3, -0.25) is 19.3 Å². The highest BCUT2D eigenvalue weighted by molar-refractivity contribution is 6.16. The number of hydrogen-bond acceptors (Lipinski definition) is 4. The number of fused-ring (bicyclic) bond motifs is 1. The molecule has 7 heteroatoms. The molecular weight excluding hydrogens is 468 g/mol. The molecule has 1 spiro atoms. The lowest BCUT2D eigenvalue weighted by molar-refractivity contribution is -0.136. The van der Waals surface area contributed by atoms with Crippen LogP contribution in [0.5, 0.6) is 5.75 Å². The Kier molecular flexibility index (Phi) is 6.86. The molecule has 7 nitrogen and oxygen atoms in total. The van der Waals surface area contributed by atoms with Crippen molar-refractivity contribution in [2.45, 2.75) is 98.1 Å². The summed E-state index contributed by atoms with van der Waals surface area (Å²) < 4.78 is 6.37. The Morgan fingerprint density at radius 3 is 2.30 bits per heavy atom. The van der Waals surface area contributed by atoms with Gasteiger partial charge in [0, 0.05) is 12.5 Å². The number of ether oxygens (including phenoxy) is 1. The summed E-state index contributed by atoms with van der Waals surface area (Å²) in [6.07, 6.45) is 3.76. The maximum Gasteiger partial charge on any atom is 0.307 e. The van der Waals surface area contributed by atoms with E-state index in [0.29, 0.717) is 41.1 Å². The largest absolute Gasteiger partial charge is 0.488 e. The van der Waals surface area contributed by atoms with Gasteiger partial charge in [-0.15, -0.1) is 0 Å². The maximum absolute atomic E-state index is 13.6. The van der Waals surface area contributed by atoms with Gasteiger partial charge in [0.2, 0.25) is 5.91 Å². The van der Waals surface area contributed by atoms with Crippen molar-refractivity contribution in [3.05, 3.63) is 40.5 Å². The molecule has 4 rings (SSSR count). The van der Waals surface area contributed by atoms with Gasteiger partial charge < -0.3 is 15.2 Å². The fourth-order valence-corrected chi connectivity index (χ4v) is 6.06. The lowest BCUT2D eigenvalue weighted by atomic mass is 9.76. The van der Waals surface area contributed by atoms with E-state index in [1.807, 2.05) is 59.7 Å². The number of carboxylic acid groups (broad SMARTS) is 1. The van der Waals surface area contributed by atoms with Crippen molar-refractivity contribution in [3.63, 3.8) is 0 Å². The summed E-state index contributed by atoms with van der Waals surface area (Å²) in [5.41, 5.74) is 4.35. The van der Waals surface area contributed by atoms with E-state index in [4.69, 9.17) is 4.74 Å². The molecule has 1 aliphatic heterocycles. The van der Waals surface area contributed by atoms with E-state index in [0.717, 1.165) is 41.5 Å². The summed E-state index contributed by atoms with van der Waals surface area (Å²) >= 11 is 0. The number of carbonyl (C=O) groups excluding carboxylic acids is 2. The first-order valence-corrected chi connectivity index (χ1v) is 13.1. The van der Waals surface area contributed by atoms with Crippen molar-refractivity contribution in [2.24, 2.45) is 0 Å². The van der Waals surface area contributed by atoms with Crippen molar-refractivity contribution in [1.82, 2.24) is 0 Å². The average Bonchev–Trinajstić information content (AvgIpc) is 2.79. The van der Waals surface area contributed by atoms with E-state index >= 15 is 0 Å². The minimum absolute atomic E-state index is 0.182. The van der Waals surface area contributed by atoms with Crippen molar-refractivity contribution >= 4 is 29.2 Å². The highest BCUT2D eigenvalue weighted by Crippen LogP contribution is 2.52. The highest BCUT2D eigenvalue weighted by atomic mass is 16.5. The molecular formula is C30H38N2O5. The third-order valence-corrected chi connectivity index (χ3v) is 7.56. The normalized spacial score (nSPS) is 16.8. The molecule has 1 aliphatic carbocycles. The summed E-state index contributed by atoms with van der Waals surface area (Å²) in [7, 11) is 0.